The van der Waals surface area contributed by atoms with Crippen molar-refractivity contribution in [2.45, 2.75) is 6.04 Å². The van der Waals surface area contributed by atoms with Crippen LogP contribution in [0.2, 0.25) is 0 Å². The number of para-hydroxylation sites is 2. The van der Waals surface area contributed by atoms with Crippen molar-refractivity contribution < 1.29 is 9.59 Å². The summed E-state index contributed by atoms with van der Waals surface area (Å²) in [7, 11) is 0. The number of nitrogens with two attached hydrogens (primary N) is 1. The van der Waals surface area contributed by atoms with Gasteiger partial charge >= 0.3 is 0 Å². The third-order valence-electron chi connectivity index (χ3n) is 4.13. The van der Waals surface area contributed by atoms with E-state index >= 15 is 0 Å². The van der Waals surface area contributed by atoms with E-state index in [9.17, 15) is 9.59 Å². The standard InChI is InChI=1S/C22H21N3O2.ClH/c23-21(17-10-4-1-5-11-17)22(27)24-16-20(26)25(18-12-6-2-7-13-18)19-14-8-3-9-15-19;/h1-15,21H,16,23H2,(H,24,27);1H. The SMILES string of the molecule is Cl.NC(C(=O)NCC(=O)N(c1ccccc1)c1ccccc1)c1ccccc1. The second kappa shape index (κ2) is 10.3. The highest BCUT2D eigenvalue weighted by atomic mass is 35.5. The second-order valence-corrected chi connectivity index (χ2v) is 6.01. The molecule has 0 aliphatic heterocycles. The Morgan fingerprint density at radius 3 is 1.68 bits per heavy atom. The van der Waals surface area contributed by atoms with Crippen molar-refractivity contribution in [1.29, 1.82) is 0 Å². The molecule has 28 heavy (non-hydrogen) atoms. The fourth-order valence-electron chi connectivity index (χ4n) is 2.75. The van der Waals surface area contributed by atoms with Crippen LogP contribution in [0, 0.1) is 0 Å². The highest BCUT2D eigenvalue weighted by molar-refractivity contribution is 6.03. The van der Waals surface area contributed by atoms with E-state index in [-0.39, 0.29) is 24.9 Å². The summed E-state index contributed by atoms with van der Waals surface area (Å²) >= 11 is 0. The van der Waals surface area contributed by atoms with Crippen LogP contribution >= 0.6 is 12.4 Å². The lowest BCUT2D eigenvalue weighted by atomic mass is 10.1. The van der Waals surface area contributed by atoms with Crippen LogP contribution in [-0.2, 0) is 9.59 Å². The smallest absolute Gasteiger partial charge is 0.250 e. The predicted molar refractivity (Wildman–Crippen MR) is 114 cm³/mol. The summed E-state index contributed by atoms with van der Waals surface area (Å²) in [5, 5.41) is 2.65. The minimum Gasteiger partial charge on any atom is -0.345 e. The Morgan fingerprint density at radius 1 is 0.786 bits per heavy atom. The molecule has 1 unspecified atom stereocenters. The molecule has 3 rings (SSSR count). The number of anilines is 2. The van der Waals surface area contributed by atoms with Gasteiger partial charge in [-0.15, -0.1) is 12.4 Å². The molecule has 0 spiro atoms. The molecule has 3 N–H and O–H groups in total. The van der Waals surface area contributed by atoms with Crippen molar-refractivity contribution >= 4 is 35.6 Å². The molecule has 3 aromatic rings. The maximum Gasteiger partial charge on any atom is 0.250 e. The second-order valence-electron chi connectivity index (χ2n) is 6.01. The summed E-state index contributed by atoms with van der Waals surface area (Å²) in [6.45, 7) is -0.150. The first-order chi connectivity index (χ1) is 13.2. The van der Waals surface area contributed by atoms with Gasteiger partial charge in [0.2, 0.25) is 5.91 Å². The van der Waals surface area contributed by atoms with Crippen LogP contribution in [0.15, 0.2) is 91.0 Å². The van der Waals surface area contributed by atoms with Crippen LogP contribution in [0.4, 0.5) is 11.4 Å². The number of carbonyl (C=O) groups excluding carboxylic acids is 2. The topological polar surface area (TPSA) is 75.4 Å². The summed E-state index contributed by atoms with van der Waals surface area (Å²) in [6, 6.07) is 26.9. The number of nitrogens with one attached hydrogen (secondary N) is 1. The molecule has 6 heteroatoms. The number of benzene rings is 3. The highest BCUT2D eigenvalue weighted by Gasteiger charge is 2.21. The Kier molecular flexibility index (Phi) is 7.75. The van der Waals surface area contributed by atoms with Gasteiger partial charge in [-0.05, 0) is 29.8 Å². The Morgan fingerprint density at radius 2 is 1.21 bits per heavy atom. The van der Waals surface area contributed by atoms with E-state index in [0.717, 1.165) is 11.4 Å². The zero-order chi connectivity index (χ0) is 19.1. The molecule has 0 heterocycles. The number of halogens is 1. The molecule has 0 radical (unpaired) electrons. The average molecular weight is 396 g/mol. The van der Waals surface area contributed by atoms with E-state index in [0.29, 0.717) is 5.56 Å². The lowest BCUT2D eigenvalue weighted by Crippen LogP contribution is -2.41. The monoisotopic (exact) mass is 395 g/mol. The van der Waals surface area contributed by atoms with Gasteiger partial charge in [-0.3, -0.25) is 14.5 Å². The molecule has 0 bridgehead atoms. The summed E-state index contributed by atoms with van der Waals surface area (Å²) < 4.78 is 0. The molecule has 5 nitrogen and oxygen atoms in total. The van der Waals surface area contributed by atoms with Crippen LogP contribution in [0.3, 0.4) is 0 Å². The van der Waals surface area contributed by atoms with Crippen molar-refractivity contribution in [3.05, 3.63) is 96.6 Å². The van der Waals surface area contributed by atoms with Gasteiger partial charge in [0.05, 0.1) is 6.54 Å². The highest BCUT2D eigenvalue weighted by Crippen LogP contribution is 2.24. The third kappa shape index (κ3) is 5.19. The predicted octanol–water partition coefficient (Wildman–Crippen LogP) is 3.59. The Labute approximate surface area is 170 Å². The van der Waals surface area contributed by atoms with Gasteiger partial charge in [0.15, 0.2) is 0 Å². The first-order valence-electron chi connectivity index (χ1n) is 8.68. The molecule has 0 saturated heterocycles. The minimum absolute atomic E-state index is 0. The first-order valence-corrected chi connectivity index (χ1v) is 8.68. The fraction of sp³-hybridized carbons (Fsp3) is 0.0909. The quantitative estimate of drug-likeness (QED) is 0.669. The maximum absolute atomic E-state index is 12.9. The van der Waals surface area contributed by atoms with Crippen LogP contribution in [-0.4, -0.2) is 18.4 Å². The molecule has 0 saturated carbocycles. The molecule has 0 fully saturated rings. The zero-order valence-electron chi connectivity index (χ0n) is 15.2. The Balaban J connectivity index is 0.00000280. The lowest BCUT2D eigenvalue weighted by molar-refractivity contribution is -0.125. The van der Waals surface area contributed by atoms with E-state index in [2.05, 4.69) is 5.32 Å². The van der Waals surface area contributed by atoms with Gasteiger partial charge in [-0.25, -0.2) is 0 Å². The van der Waals surface area contributed by atoms with Crippen LogP contribution in [0.25, 0.3) is 0 Å². The van der Waals surface area contributed by atoms with E-state index in [1.54, 1.807) is 17.0 Å². The van der Waals surface area contributed by atoms with E-state index < -0.39 is 11.9 Å². The molecule has 0 aliphatic carbocycles. The number of nitrogens with zero attached hydrogens (tertiary/aromatic N) is 1. The van der Waals surface area contributed by atoms with Gasteiger partial charge in [0.1, 0.15) is 6.04 Å². The normalized spacial score (nSPS) is 11.0. The van der Waals surface area contributed by atoms with E-state index in [1.807, 2.05) is 78.9 Å². The molecule has 2 amide bonds. The van der Waals surface area contributed by atoms with Gasteiger partial charge in [-0.2, -0.15) is 0 Å². The van der Waals surface area contributed by atoms with Crippen molar-refractivity contribution in [3.63, 3.8) is 0 Å². The van der Waals surface area contributed by atoms with Crippen molar-refractivity contribution in [1.82, 2.24) is 5.32 Å². The molecule has 1 atom stereocenters. The minimum atomic E-state index is -0.819. The lowest BCUT2D eigenvalue weighted by Gasteiger charge is -2.23. The van der Waals surface area contributed by atoms with E-state index in [1.165, 1.54) is 0 Å². The number of hydrogen-bond donors (Lipinski definition) is 2. The van der Waals surface area contributed by atoms with Gasteiger partial charge in [0.25, 0.3) is 5.91 Å². The Bertz CT molecular complexity index is 850. The molecular weight excluding hydrogens is 374 g/mol. The summed E-state index contributed by atoms with van der Waals surface area (Å²) in [6.07, 6.45) is 0. The number of hydrogen-bond acceptors (Lipinski definition) is 3. The van der Waals surface area contributed by atoms with Gasteiger partial charge in [-0.1, -0.05) is 66.7 Å². The average Bonchev–Trinajstić information content (AvgIpc) is 2.74. The van der Waals surface area contributed by atoms with Crippen molar-refractivity contribution in [2.75, 3.05) is 11.4 Å². The first kappa shape index (κ1) is 21.2. The van der Waals surface area contributed by atoms with Crippen molar-refractivity contribution in [3.8, 4) is 0 Å². The largest absolute Gasteiger partial charge is 0.345 e. The summed E-state index contributed by atoms with van der Waals surface area (Å²) in [5.74, 6) is -0.642. The molecule has 0 aromatic heterocycles. The number of rotatable bonds is 6. The zero-order valence-corrected chi connectivity index (χ0v) is 16.0. The maximum atomic E-state index is 12.9. The third-order valence-corrected chi connectivity index (χ3v) is 4.13. The van der Waals surface area contributed by atoms with Crippen LogP contribution in [0.5, 0.6) is 0 Å². The molecule has 3 aromatic carbocycles. The van der Waals surface area contributed by atoms with Crippen molar-refractivity contribution in [2.24, 2.45) is 5.73 Å². The van der Waals surface area contributed by atoms with Crippen LogP contribution < -0.4 is 16.0 Å². The summed E-state index contributed by atoms with van der Waals surface area (Å²) in [4.78, 5) is 26.8. The Hall–Kier alpha value is -3.15. The molecular formula is C22H22ClN3O2. The molecule has 144 valence electrons. The molecule has 0 aliphatic rings. The van der Waals surface area contributed by atoms with Crippen LogP contribution in [0.1, 0.15) is 11.6 Å². The summed E-state index contributed by atoms with van der Waals surface area (Å²) in [5.41, 5.74) is 8.15. The van der Waals surface area contributed by atoms with Gasteiger partial charge < -0.3 is 11.1 Å². The van der Waals surface area contributed by atoms with Gasteiger partial charge in [0, 0.05) is 11.4 Å². The van der Waals surface area contributed by atoms with E-state index in [4.69, 9.17) is 5.73 Å². The number of amides is 2. The fourth-order valence-corrected chi connectivity index (χ4v) is 2.75. The number of carbonyl (C=O) groups is 2.